The molecule has 1 amide bonds. The average molecular weight is 478 g/mol. The number of hydrogen-bond donors (Lipinski definition) is 1. The van der Waals surface area contributed by atoms with Crippen molar-refractivity contribution in [2.75, 3.05) is 5.32 Å². The SMILES string of the molecule is Cc1cc(I)ccc1NC(=O)c1ccc(OCc2ccccc2Cl)cc1. The molecule has 3 aromatic carbocycles. The van der Waals surface area contributed by atoms with Crippen molar-refractivity contribution in [1.82, 2.24) is 0 Å². The normalized spacial score (nSPS) is 10.4. The van der Waals surface area contributed by atoms with Crippen LogP contribution in [-0.2, 0) is 6.61 Å². The van der Waals surface area contributed by atoms with E-state index in [9.17, 15) is 4.79 Å². The fourth-order valence-electron chi connectivity index (χ4n) is 2.44. The predicted molar refractivity (Wildman–Crippen MR) is 114 cm³/mol. The van der Waals surface area contributed by atoms with Crippen LogP contribution in [0, 0.1) is 10.5 Å². The molecule has 0 aromatic heterocycles. The van der Waals surface area contributed by atoms with Crippen LogP contribution in [0.5, 0.6) is 5.75 Å². The Bertz CT molecular complexity index is 926. The molecule has 5 heteroatoms. The first-order valence-electron chi connectivity index (χ1n) is 8.07. The number of ether oxygens (including phenoxy) is 1. The third-order valence-corrected chi connectivity index (χ3v) is 4.95. The molecule has 3 aromatic rings. The molecule has 0 aliphatic heterocycles. The van der Waals surface area contributed by atoms with E-state index in [0.29, 0.717) is 22.9 Å². The van der Waals surface area contributed by atoms with Crippen molar-refractivity contribution in [3.63, 3.8) is 0 Å². The molecular weight excluding hydrogens is 461 g/mol. The summed E-state index contributed by atoms with van der Waals surface area (Å²) in [5.41, 5.74) is 3.35. The number of nitrogens with one attached hydrogen (secondary N) is 1. The highest BCUT2D eigenvalue weighted by Gasteiger charge is 2.08. The number of aryl methyl sites for hydroxylation is 1. The van der Waals surface area contributed by atoms with Gasteiger partial charge in [0.05, 0.1) is 0 Å². The summed E-state index contributed by atoms with van der Waals surface area (Å²) in [6.07, 6.45) is 0. The molecule has 0 unspecified atom stereocenters. The Labute approximate surface area is 171 Å². The smallest absolute Gasteiger partial charge is 0.255 e. The molecule has 3 rings (SSSR count). The van der Waals surface area contributed by atoms with Gasteiger partial charge >= 0.3 is 0 Å². The van der Waals surface area contributed by atoms with Crippen LogP contribution in [0.15, 0.2) is 66.7 Å². The number of carbonyl (C=O) groups excluding carboxylic acids is 1. The molecule has 0 radical (unpaired) electrons. The van der Waals surface area contributed by atoms with Gasteiger partial charge in [-0.3, -0.25) is 4.79 Å². The minimum absolute atomic E-state index is 0.146. The monoisotopic (exact) mass is 477 g/mol. The van der Waals surface area contributed by atoms with E-state index in [0.717, 1.165) is 20.4 Å². The summed E-state index contributed by atoms with van der Waals surface area (Å²) in [7, 11) is 0. The lowest BCUT2D eigenvalue weighted by molar-refractivity contribution is 0.102. The number of halogens is 2. The van der Waals surface area contributed by atoms with Gasteiger partial charge in [0.2, 0.25) is 0 Å². The van der Waals surface area contributed by atoms with Crippen LogP contribution in [0.4, 0.5) is 5.69 Å². The summed E-state index contributed by atoms with van der Waals surface area (Å²) in [6.45, 7) is 2.36. The fourth-order valence-corrected chi connectivity index (χ4v) is 3.28. The van der Waals surface area contributed by atoms with E-state index in [1.165, 1.54) is 0 Å². The Hall–Kier alpha value is -2.05. The van der Waals surface area contributed by atoms with E-state index in [4.69, 9.17) is 16.3 Å². The minimum Gasteiger partial charge on any atom is -0.489 e. The molecule has 3 nitrogen and oxygen atoms in total. The maximum absolute atomic E-state index is 12.4. The first-order chi connectivity index (χ1) is 12.5. The second kappa shape index (κ2) is 8.56. The van der Waals surface area contributed by atoms with Crippen molar-refractivity contribution in [1.29, 1.82) is 0 Å². The van der Waals surface area contributed by atoms with Gasteiger partial charge in [-0.1, -0.05) is 29.8 Å². The zero-order valence-electron chi connectivity index (χ0n) is 14.1. The van der Waals surface area contributed by atoms with E-state index in [2.05, 4.69) is 27.9 Å². The van der Waals surface area contributed by atoms with Crippen LogP contribution in [0.1, 0.15) is 21.5 Å². The molecular formula is C21H17ClINO2. The Morgan fingerprint density at radius 3 is 2.50 bits per heavy atom. The van der Waals surface area contributed by atoms with Gasteiger partial charge in [-0.05, 0) is 83.6 Å². The summed E-state index contributed by atoms with van der Waals surface area (Å²) in [5.74, 6) is 0.541. The van der Waals surface area contributed by atoms with Crippen molar-refractivity contribution < 1.29 is 9.53 Å². The number of benzene rings is 3. The second-order valence-electron chi connectivity index (χ2n) is 5.82. The van der Waals surface area contributed by atoms with Gasteiger partial charge < -0.3 is 10.1 Å². The molecule has 0 saturated heterocycles. The summed E-state index contributed by atoms with van der Waals surface area (Å²) in [4.78, 5) is 12.4. The molecule has 0 atom stereocenters. The third-order valence-electron chi connectivity index (χ3n) is 3.91. The second-order valence-corrected chi connectivity index (χ2v) is 7.47. The third kappa shape index (κ3) is 4.77. The molecule has 0 fully saturated rings. The number of rotatable bonds is 5. The topological polar surface area (TPSA) is 38.3 Å². The fraction of sp³-hybridized carbons (Fsp3) is 0.0952. The molecule has 0 bridgehead atoms. The van der Waals surface area contributed by atoms with Crippen LogP contribution in [0.3, 0.4) is 0 Å². The lowest BCUT2D eigenvalue weighted by Crippen LogP contribution is -2.12. The summed E-state index contributed by atoms with van der Waals surface area (Å²) in [5, 5.41) is 3.62. The highest BCUT2D eigenvalue weighted by atomic mass is 127. The largest absolute Gasteiger partial charge is 0.489 e. The van der Waals surface area contributed by atoms with Gasteiger partial charge in [0.1, 0.15) is 12.4 Å². The standard InChI is InChI=1S/C21H17ClINO2/c1-14-12-17(23)8-11-20(14)24-21(25)15-6-9-18(10-7-15)26-13-16-4-2-3-5-19(16)22/h2-12H,13H2,1H3,(H,24,25). The predicted octanol–water partition coefficient (Wildman–Crippen LogP) is 6.08. The van der Waals surface area contributed by atoms with Crippen molar-refractivity contribution in [3.8, 4) is 5.75 Å². The van der Waals surface area contributed by atoms with E-state index in [1.54, 1.807) is 24.3 Å². The van der Waals surface area contributed by atoms with Crippen molar-refractivity contribution in [2.45, 2.75) is 13.5 Å². The van der Waals surface area contributed by atoms with Gasteiger partial charge in [0.25, 0.3) is 5.91 Å². The summed E-state index contributed by atoms with van der Waals surface area (Å²) in [6, 6.07) is 20.5. The first kappa shape index (κ1) is 18.7. The van der Waals surface area contributed by atoms with Gasteiger partial charge in [-0.2, -0.15) is 0 Å². The van der Waals surface area contributed by atoms with E-state index in [-0.39, 0.29) is 5.91 Å². The molecule has 1 N–H and O–H groups in total. The highest BCUT2D eigenvalue weighted by Crippen LogP contribution is 2.21. The number of amides is 1. The Morgan fingerprint density at radius 2 is 1.81 bits per heavy atom. The van der Waals surface area contributed by atoms with Crippen molar-refractivity contribution in [3.05, 3.63) is 92.0 Å². The molecule has 0 aliphatic rings. The van der Waals surface area contributed by atoms with E-state index < -0.39 is 0 Å². The van der Waals surface area contributed by atoms with Crippen LogP contribution < -0.4 is 10.1 Å². The zero-order chi connectivity index (χ0) is 18.5. The number of anilines is 1. The molecule has 0 heterocycles. The van der Waals surface area contributed by atoms with Crippen LogP contribution in [0.2, 0.25) is 5.02 Å². The first-order valence-corrected chi connectivity index (χ1v) is 9.52. The highest BCUT2D eigenvalue weighted by molar-refractivity contribution is 14.1. The van der Waals surface area contributed by atoms with Crippen LogP contribution >= 0.6 is 34.2 Å². The van der Waals surface area contributed by atoms with E-state index in [1.807, 2.05) is 49.4 Å². The van der Waals surface area contributed by atoms with Gasteiger partial charge in [-0.15, -0.1) is 0 Å². The van der Waals surface area contributed by atoms with Gasteiger partial charge in [0, 0.05) is 25.4 Å². The summed E-state index contributed by atoms with van der Waals surface area (Å²) >= 11 is 8.37. The number of hydrogen-bond acceptors (Lipinski definition) is 2. The van der Waals surface area contributed by atoms with Gasteiger partial charge in [0.15, 0.2) is 0 Å². The zero-order valence-corrected chi connectivity index (χ0v) is 17.0. The molecule has 0 spiro atoms. The Morgan fingerprint density at radius 1 is 1.08 bits per heavy atom. The maximum atomic E-state index is 12.4. The quantitative estimate of drug-likeness (QED) is 0.452. The molecule has 26 heavy (non-hydrogen) atoms. The number of carbonyl (C=O) groups is 1. The van der Waals surface area contributed by atoms with Crippen LogP contribution in [-0.4, -0.2) is 5.91 Å². The minimum atomic E-state index is -0.146. The average Bonchev–Trinajstić information content (AvgIpc) is 2.64. The van der Waals surface area contributed by atoms with Crippen molar-refractivity contribution in [2.24, 2.45) is 0 Å². The maximum Gasteiger partial charge on any atom is 0.255 e. The van der Waals surface area contributed by atoms with Crippen molar-refractivity contribution >= 4 is 45.8 Å². The van der Waals surface area contributed by atoms with Gasteiger partial charge in [-0.25, -0.2) is 0 Å². The van der Waals surface area contributed by atoms with E-state index >= 15 is 0 Å². The molecule has 132 valence electrons. The molecule has 0 aliphatic carbocycles. The Kier molecular flexibility index (Phi) is 6.16. The Balaban J connectivity index is 1.63. The lowest BCUT2D eigenvalue weighted by Gasteiger charge is -2.10. The summed E-state index contributed by atoms with van der Waals surface area (Å²) < 4.78 is 6.88. The van der Waals surface area contributed by atoms with Crippen LogP contribution in [0.25, 0.3) is 0 Å². The lowest BCUT2D eigenvalue weighted by atomic mass is 10.1. The molecule has 0 saturated carbocycles.